The smallest absolute Gasteiger partial charge is 0.264 e. The number of aryl methyl sites for hydroxylation is 2. The second-order valence-electron chi connectivity index (χ2n) is 11.0. The molecule has 0 bridgehead atoms. The van der Waals surface area contributed by atoms with Gasteiger partial charge in [-0.25, -0.2) is 8.42 Å². The van der Waals surface area contributed by atoms with Gasteiger partial charge in [0.1, 0.15) is 12.6 Å². The van der Waals surface area contributed by atoms with Crippen LogP contribution in [0.2, 0.25) is 0 Å². The minimum Gasteiger partial charge on any atom is -0.350 e. The molecule has 3 rings (SSSR count). The van der Waals surface area contributed by atoms with Crippen LogP contribution in [0.25, 0.3) is 0 Å². The number of carbonyl (C=O) groups is 2. The molecule has 0 heterocycles. The van der Waals surface area contributed by atoms with Gasteiger partial charge in [0.2, 0.25) is 11.8 Å². The summed E-state index contributed by atoms with van der Waals surface area (Å²) >= 11 is 0. The molecule has 0 saturated carbocycles. The quantitative estimate of drug-likeness (QED) is 0.351. The zero-order chi connectivity index (χ0) is 29.5. The van der Waals surface area contributed by atoms with Crippen molar-refractivity contribution >= 4 is 27.5 Å². The lowest BCUT2D eigenvalue weighted by Crippen LogP contribution is -2.55. The molecule has 0 aromatic heterocycles. The van der Waals surface area contributed by atoms with Crippen LogP contribution in [-0.2, 0) is 32.5 Å². The molecular formula is C32H41N3O4S. The van der Waals surface area contributed by atoms with Gasteiger partial charge < -0.3 is 10.2 Å². The highest BCUT2D eigenvalue weighted by atomic mass is 32.2. The first-order chi connectivity index (χ1) is 18.8. The topological polar surface area (TPSA) is 86.8 Å². The van der Waals surface area contributed by atoms with Crippen LogP contribution in [0, 0.1) is 6.92 Å². The van der Waals surface area contributed by atoms with E-state index in [1.165, 1.54) is 9.21 Å². The van der Waals surface area contributed by atoms with Gasteiger partial charge in [-0.05, 0) is 76.8 Å². The third-order valence-electron chi connectivity index (χ3n) is 6.68. The summed E-state index contributed by atoms with van der Waals surface area (Å²) in [6.45, 7) is 11.0. The summed E-state index contributed by atoms with van der Waals surface area (Å²) in [6, 6.07) is 22.7. The highest BCUT2D eigenvalue weighted by Gasteiger charge is 2.33. The van der Waals surface area contributed by atoms with E-state index in [0.717, 1.165) is 16.7 Å². The largest absolute Gasteiger partial charge is 0.350 e. The Labute approximate surface area is 239 Å². The number of anilines is 1. The van der Waals surface area contributed by atoms with E-state index >= 15 is 0 Å². The van der Waals surface area contributed by atoms with Crippen LogP contribution in [0.1, 0.15) is 51.3 Å². The van der Waals surface area contributed by atoms with E-state index in [0.29, 0.717) is 18.5 Å². The van der Waals surface area contributed by atoms with Gasteiger partial charge in [0.05, 0.1) is 10.6 Å². The molecule has 0 fully saturated rings. The van der Waals surface area contributed by atoms with Gasteiger partial charge in [0, 0.05) is 12.1 Å². The fourth-order valence-corrected chi connectivity index (χ4v) is 5.90. The lowest BCUT2D eigenvalue weighted by molar-refractivity contribution is -0.139. The number of benzene rings is 3. The van der Waals surface area contributed by atoms with Crippen molar-refractivity contribution < 1.29 is 18.0 Å². The first kappa shape index (κ1) is 30.9. The number of para-hydroxylation sites is 1. The number of carbonyl (C=O) groups excluding carboxylic acids is 2. The number of nitrogens with zero attached hydrogens (tertiary/aromatic N) is 2. The zero-order valence-electron chi connectivity index (χ0n) is 24.3. The molecular weight excluding hydrogens is 522 g/mol. The van der Waals surface area contributed by atoms with Gasteiger partial charge in [-0.15, -0.1) is 0 Å². The zero-order valence-corrected chi connectivity index (χ0v) is 25.2. The maximum atomic E-state index is 14.0. The van der Waals surface area contributed by atoms with Gasteiger partial charge in [0.15, 0.2) is 0 Å². The molecule has 3 aromatic carbocycles. The molecule has 0 aliphatic rings. The molecule has 0 aliphatic heterocycles. The summed E-state index contributed by atoms with van der Waals surface area (Å²) in [5, 5.41) is 2.95. The lowest BCUT2D eigenvalue weighted by atomic mass is 10.1. The minimum atomic E-state index is -4.09. The number of sulfonamides is 1. The van der Waals surface area contributed by atoms with Crippen LogP contribution in [0.5, 0.6) is 0 Å². The van der Waals surface area contributed by atoms with Crippen LogP contribution in [0.15, 0.2) is 83.8 Å². The predicted molar refractivity (Wildman–Crippen MR) is 161 cm³/mol. The summed E-state index contributed by atoms with van der Waals surface area (Å²) in [5.41, 5.74) is 2.72. The number of amides is 2. The van der Waals surface area contributed by atoms with E-state index in [-0.39, 0.29) is 17.3 Å². The molecule has 2 amide bonds. The number of nitrogens with one attached hydrogen (secondary N) is 1. The fourth-order valence-electron chi connectivity index (χ4n) is 4.45. The normalized spacial score (nSPS) is 12.4. The van der Waals surface area contributed by atoms with Crippen LogP contribution in [-0.4, -0.2) is 49.8 Å². The molecule has 1 N–H and O–H groups in total. The number of hydrogen-bond donors (Lipinski definition) is 1. The van der Waals surface area contributed by atoms with Crippen molar-refractivity contribution in [3.8, 4) is 0 Å². The monoisotopic (exact) mass is 563 g/mol. The van der Waals surface area contributed by atoms with Crippen LogP contribution >= 0.6 is 0 Å². The fraction of sp³-hybridized carbons (Fsp3) is 0.375. The van der Waals surface area contributed by atoms with Crippen LogP contribution < -0.4 is 9.62 Å². The second-order valence-corrected chi connectivity index (χ2v) is 12.9. The van der Waals surface area contributed by atoms with E-state index in [1.54, 1.807) is 43.3 Å². The van der Waals surface area contributed by atoms with Crippen LogP contribution in [0.4, 0.5) is 5.69 Å². The van der Waals surface area contributed by atoms with E-state index in [4.69, 9.17) is 0 Å². The molecule has 8 heteroatoms. The minimum absolute atomic E-state index is 0.103. The molecule has 1 atom stereocenters. The average Bonchev–Trinajstić information content (AvgIpc) is 2.91. The number of hydrogen-bond acceptors (Lipinski definition) is 4. The predicted octanol–water partition coefficient (Wildman–Crippen LogP) is 5.13. The van der Waals surface area contributed by atoms with Crippen molar-refractivity contribution in [2.24, 2.45) is 0 Å². The summed E-state index contributed by atoms with van der Waals surface area (Å²) < 4.78 is 29.2. The van der Waals surface area contributed by atoms with Crippen molar-refractivity contribution in [1.29, 1.82) is 0 Å². The third kappa shape index (κ3) is 7.94. The van der Waals surface area contributed by atoms with Crippen molar-refractivity contribution in [2.45, 2.75) is 70.9 Å². The Balaban J connectivity index is 2.02. The highest BCUT2D eigenvalue weighted by molar-refractivity contribution is 7.92. The molecule has 214 valence electrons. The highest BCUT2D eigenvalue weighted by Crippen LogP contribution is 2.28. The Morgan fingerprint density at radius 1 is 0.900 bits per heavy atom. The summed E-state index contributed by atoms with van der Waals surface area (Å²) in [6.07, 6.45) is 1.11. The van der Waals surface area contributed by atoms with E-state index in [9.17, 15) is 18.0 Å². The number of rotatable bonds is 11. The SMILES string of the molecule is CCc1ccccc1N(CC(=O)N(CCc1ccccc1)[C@@H](C)C(=O)NC(C)(C)C)S(=O)(=O)c1ccc(C)cc1. The van der Waals surface area contributed by atoms with Crippen LogP contribution in [0.3, 0.4) is 0 Å². The molecule has 0 spiro atoms. The Bertz CT molecular complexity index is 1400. The van der Waals surface area contributed by atoms with Gasteiger partial charge in [-0.1, -0.05) is 73.2 Å². The van der Waals surface area contributed by atoms with Gasteiger partial charge in [-0.3, -0.25) is 13.9 Å². The molecule has 0 aliphatic carbocycles. The molecule has 0 radical (unpaired) electrons. The molecule has 7 nitrogen and oxygen atoms in total. The second kappa shape index (κ2) is 13.1. The Morgan fingerprint density at radius 2 is 1.50 bits per heavy atom. The average molecular weight is 564 g/mol. The Hall–Kier alpha value is -3.65. The lowest BCUT2D eigenvalue weighted by Gasteiger charge is -2.34. The van der Waals surface area contributed by atoms with Crippen molar-refractivity contribution in [2.75, 3.05) is 17.4 Å². The first-order valence-electron chi connectivity index (χ1n) is 13.7. The molecule has 0 unspecified atom stereocenters. The van der Waals surface area contributed by atoms with Crippen molar-refractivity contribution in [3.63, 3.8) is 0 Å². The summed E-state index contributed by atoms with van der Waals surface area (Å²) in [5.74, 6) is -0.745. The van der Waals surface area contributed by atoms with Gasteiger partial charge >= 0.3 is 0 Å². The Morgan fingerprint density at radius 3 is 2.10 bits per heavy atom. The maximum Gasteiger partial charge on any atom is 0.264 e. The molecule has 40 heavy (non-hydrogen) atoms. The van der Waals surface area contributed by atoms with Crippen molar-refractivity contribution in [3.05, 3.63) is 95.6 Å². The summed E-state index contributed by atoms with van der Waals surface area (Å²) in [7, 11) is -4.09. The third-order valence-corrected chi connectivity index (χ3v) is 8.45. The molecule has 0 saturated heterocycles. The maximum absolute atomic E-state index is 14.0. The first-order valence-corrected chi connectivity index (χ1v) is 15.1. The standard InChI is InChI=1S/C32H41N3O4S/c1-7-27-15-11-12-16-29(27)35(40(38,39)28-19-17-24(2)18-20-28)23-30(36)34(22-21-26-13-9-8-10-14-26)25(3)31(37)33-32(4,5)6/h8-20,25H,7,21-23H2,1-6H3,(H,33,37)/t25-/m0/s1. The Kier molecular flexibility index (Phi) is 10.1. The van der Waals surface area contributed by atoms with Crippen molar-refractivity contribution in [1.82, 2.24) is 10.2 Å². The van der Waals surface area contributed by atoms with E-state index in [2.05, 4.69) is 5.32 Å². The van der Waals surface area contributed by atoms with E-state index < -0.39 is 34.1 Å². The molecule has 3 aromatic rings. The summed E-state index contributed by atoms with van der Waals surface area (Å²) in [4.78, 5) is 28.8. The van der Waals surface area contributed by atoms with Gasteiger partial charge in [0.25, 0.3) is 10.0 Å². The van der Waals surface area contributed by atoms with E-state index in [1.807, 2.05) is 77.1 Å². The van der Waals surface area contributed by atoms with Gasteiger partial charge in [-0.2, -0.15) is 0 Å².